The summed E-state index contributed by atoms with van der Waals surface area (Å²) in [6.45, 7) is 10.7. The highest BCUT2D eigenvalue weighted by atomic mass is 16.2. The van der Waals surface area contributed by atoms with Gasteiger partial charge in [0.05, 0.1) is 0 Å². The second kappa shape index (κ2) is 4.25. The Morgan fingerprint density at radius 1 is 1.28 bits per heavy atom. The molecule has 0 radical (unpaired) electrons. The van der Waals surface area contributed by atoms with Gasteiger partial charge >= 0.3 is 0 Å². The molecule has 2 aliphatic rings. The van der Waals surface area contributed by atoms with Crippen molar-refractivity contribution in [1.29, 1.82) is 0 Å². The number of hydrogen-bond donors (Lipinski definition) is 1. The molecule has 4 unspecified atom stereocenters. The van der Waals surface area contributed by atoms with E-state index in [-0.39, 0.29) is 23.3 Å². The topological polar surface area (TPSA) is 49.4 Å². The van der Waals surface area contributed by atoms with E-state index in [0.29, 0.717) is 11.8 Å². The normalized spacial score (nSPS) is 36.6. The molecule has 0 aromatic rings. The molecule has 0 aromatic carbocycles. The van der Waals surface area contributed by atoms with Crippen LogP contribution >= 0.6 is 0 Å². The van der Waals surface area contributed by atoms with Gasteiger partial charge in [-0.2, -0.15) is 0 Å². The lowest BCUT2D eigenvalue weighted by atomic mass is 9.84. The lowest BCUT2D eigenvalue weighted by molar-refractivity contribution is -0.152. The number of carbonyl (C=O) groups excluding carboxylic acids is 2. The van der Waals surface area contributed by atoms with E-state index in [0.717, 1.165) is 6.54 Å². The highest BCUT2D eigenvalue weighted by molar-refractivity contribution is 5.97. The third kappa shape index (κ3) is 2.38. The molecule has 1 aliphatic heterocycles. The monoisotopic (exact) mass is 252 g/mol. The summed E-state index contributed by atoms with van der Waals surface area (Å²) in [7, 11) is 0. The van der Waals surface area contributed by atoms with Crippen LogP contribution in [-0.2, 0) is 9.59 Å². The van der Waals surface area contributed by atoms with Crippen LogP contribution in [0.2, 0.25) is 0 Å². The fourth-order valence-electron chi connectivity index (χ4n) is 2.56. The van der Waals surface area contributed by atoms with Gasteiger partial charge in [0.2, 0.25) is 11.8 Å². The summed E-state index contributed by atoms with van der Waals surface area (Å²) in [6.07, 6.45) is 1.18. The van der Waals surface area contributed by atoms with E-state index in [1.165, 1.54) is 6.42 Å². The molecule has 1 N–H and O–H groups in total. The number of rotatable bonds is 2. The maximum absolute atomic E-state index is 12.5. The average Bonchev–Trinajstić information content (AvgIpc) is 2.93. The number of amides is 2. The zero-order chi connectivity index (χ0) is 13.7. The average molecular weight is 252 g/mol. The lowest BCUT2D eigenvalue weighted by Crippen LogP contribution is -2.66. The Balaban J connectivity index is 2.15. The molecule has 102 valence electrons. The largest absolute Gasteiger partial charge is 0.342 e. The zero-order valence-electron chi connectivity index (χ0n) is 12.0. The minimum atomic E-state index is -0.393. The summed E-state index contributed by atoms with van der Waals surface area (Å²) in [5, 5.41) is 2.86. The molecule has 0 bridgehead atoms. The van der Waals surface area contributed by atoms with Crippen molar-refractivity contribution in [2.75, 3.05) is 6.54 Å². The SMILES string of the molecule is CC1CC1CN1C(=O)C(C(C)(C)C)NC(=O)C1C. The molecule has 1 saturated carbocycles. The van der Waals surface area contributed by atoms with Crippen LogP contribution < -0.4 is 5.32 Å². The quantitative estimate of drug-likeness (QED) is 0.807. The van der Waals surface area contributed by atoms with Crippen LogP contribution in [-0.4, -0.2) is 35.3 Å². The first-order valence-electron chi connectivity index (χ1n) is 6.82. The Morgan fingerprint density at radius 2 is 1.83 bits per heavy atom. The number of piperazine rings is 1. The molecule has 4 heteroatoms. The number of nitrogens with one attached hydrogen (secondary N) is 1. The standard InChI is InChI=1S/C14H24N2O2/c1-8-6-10(8)7-16-9(2)12(17)15-11(13(16)18)14(3,4)5/h8-11H,6-7H2,1-5H3,(H,15,17). The summed E-state index contributed by atoms with van der Waals surface area (Å²) in [5.74, 6) is 1.34. The minimum Gasteiger partial charge on any atom is -0.342 e. The summed E-state index contributed by atoms with van der Waals surface area (Å²) >= 11 is 0. The van der Waals surface area contributed by atoms with Gasteiger partial charge in [-0.1, -0.05) is 27.7 Å². The molecule has 2 fully saturated rings. The maximum atomic E-state index is 12.5. The van der Waals surface area contributed by atoms with Crippen molar-refractivity contribution in [2.45, 2.75) is 53.1 Å². The van der Waals surface area contributed by atoms with Gasteiger partial charge in [0.15, 0.2) is 0 Å². The van der Waals surface area contributed by atoms with E-state index in [4.69, 9.17) is 0 Å². The third-order valence-electron chi connectivity index (χ3n) is 4.24. The first-order valence-corrected chi connectivity index (χ1v) is 6.82. The van der Waals surface area contributed by atoms with Gasteiger partial charge in [-0.05, 0) is 30.6 Å². The van der Waals surface area contributed by atoms with Crippen molar-refractivity contribution in [2.24, 2.45) is 17.3 Å². The Hall–Kier alpha value is -1.06. The smallest absolute Gasteiger partial charge is 0.246 e. The number of carbonyl (C=O) groups is 2. The van der Waals surface area contributed by atoms with Gasteiger partial charge in [0, 0.05) is 6.54 Å². The molecular formula is C14H24N2O2. The molecule has 4 atom stereocenters. The van der Waals surface area contributed by atoms with E-state index in [1.54, 1.807) is 4.90 Å². The second-order valence-electron chi connectivity index (χ2n) is 6.95. The van der Waals surface area contributed by atoms with Crippen molar-refractivity contribution in [3.05, 3.63) is 0 Å². The molecule has 18 heavy (non-hydrogen) atoms. The highest BCUT2D eigenvalue weighted by Gasteiger charge is 2.46. The first kappa shape index (κ1) is 13.4. The first-order chi connectivity index (χ1) is 8.21. The van der Waals surface area contributed by atoms with Crippen LogP contribution in [0.4, 0.5) is 0 Å². The number of nitrogens with zero attached hydrogens (tertiary/aromatic N) is 1. The van der Waals surface area contributed by atoms with Gasteiger partial charge in [0.25, 0.3) is 0 Å². The maximum Gasteiger partial charge on any atom is 0.246 e. The van der Waals surface area contributed by atoms with Crippen LogP contribution in [0, 0.1) is 17.3 Å². The fourth-order valence-corrected chi connectivity index (χ4v) is 2.56. The van der Waals surface area contributed by atoms with Crippen LogP contribution in [0.3, 0.4) is 0 Å². The third-order valence-corrected chi connectivity index (χ3v) is 4.24. The Morgan fingerprint density at radius 3 is 2.28 bits per heavy atom. The molecule has 1 heterocycles. The minimum absolute atomic E-state index is 0.0252. The summed E-state index contributed by atoms with van der Waals surface area (Å²) in [5.41, 5.74) is -0.236. The number of hydrogen-bond acceptors (Lipinski definition) is 2. The Labute approximate surface area is 109 Å². The summed E-state index contributed by atoms with van der Waals surface area (Å²) in [4.78, 5) is 26.3. The van der Waals surface area contributed by atoms with Crippen molar-refractivity contribution >= 4 is 11.8 Å². The molecule has 2 amide bonds. The molecule has 4 nitrogen and oxygen atoms in total. The van der Waals surface area contributed by atoms with E-state index in [2.05, 4.69) is 12.2 Å². The van der Waals surface area contributed by atoms with E-state index >= 15 is 0 Å². The molecule has 1 saturated heterocycles. The van der Waals surface area contributed by atoms with E-state index in [9.17, 15) is 9.59 Å². The van der Waals surface area contributed by atoms with Crippen molar-refractivity contribution in [1.82, 2.24) is 10.2 Å². The van der Waals surface area contributed by atoms with Crippen molar-refractivity contribution < 1.29 is 9.59 Å². The van der Waals surface area contributed by atoms with Gasteiger partial charge in [0.1, 0.15) is 12.1 Å². The summed E-state index contributed by atoms with van der Waals surface area (Å²) in [6, 6.07) is -0.723. The fraction of sp³-hybridized carbons (Fsp3) is 0.857. The predicted octanol–water partition coefficient (Wildman–Crippen LogP) is 1.40. The van der Waals surface area contributed by atoms with Crippen molar-refractivity contribution in [3.63, 3.8) is 0 Å². The van der Waals surface area contributed by atoms with Gasteiger partial charge in [-0.25, -0.2) is 0 Å². The highest BCUT2D eigenvalue weighted by Crippen LogP contribution is 2.39. The van der Waals surface area contributed by atoms with Crippen molar-refractivity contribution in [3.8, 4) is 0 Å². The van der Waals surface area contributed by atoms with Gasteiger partial charge in [-0.3, -0.25) is 9.59 Å². The molecule has 2 rings (SSSR count). The predicted molar refractivity (Wildman–Crippen MR) is 69.8 cm³/mol. The Kier molecular flexibility index (Phi) is 3.16. The van der Waals surface area contributed by atoms with E-state index in [1.807, 2.05) is 27.7 Å². The Bertz CT molecular complexity index is 372. The molecular weight excluding hydrogens is 228 g/mol. The zero-order valence-corrected chi connectivity index (χ0v) is 12.0. The van der Waals surface area contributed by atoms with Crippen LogP contribution in [0.1, 0.15) is 41.0 Å². The van der Waals surface area contributed by atoms with Gasteiger partial charge < -0.3 is 10.2 Å². The molecule has 1 aliphatic carbocycles. The molecule has 0 spiro atoms. The molecule has 0 aromatic heterocycles. The van der Waals surface area contributed by atoms with Gasteiger partial charge in [-0.15, -0.1) is 0 Å². The van der Waals surface area contributed by atoms with E-state index < -0.39 is 6.04 Å². The lowest BCUT2D eigenvalue weighted by Gasteiger charge is -2.42. The summed E-state index contributed by atoms with van der Waals surface area (Å²) < 4.78 is 0. The van der Waals surface area contributed by atoms with Crippen LogP contribution in [0.25, 0.3) is 0 Å². The van der Waals surface area contributed by atoms with Crippen LogP contribution in [0.15, 0.2) is 0 Å². The second-order valence-corrected chi connectivity index (χ2v) is 6.95. The van der Waals surface area contributed by atoms with Crippen LogP contribution in [0.5, 0.6) is 0 Å².